The molecule has 0 spiro atoms. The Hall–Kier alpha value is -3.00. The van der Waals surface area contributed by atoms with E-state index in [2.05, 4.69) is 22.5 Å². The van der Waals surface area contributed by atoms with Crippen molar-refractivity contribution < 1.29 is 14.3 Å². The second-order valence-electron chi connectivity index (χ2n) is 7.56. The first kappa shape index (κ1) is 20.7. The lowest BCUT2D eigenvalue weighted by molar-refractivity contribution is -0.123. The van der Waals surface area contributed by atoms with Gasteiger partial charge in [-0.25, -0.2) is 0 Å². The van der Waals surface area contributed by atoms with Gasteiger partial charge in [-0.15, -0.1) is 0 Å². The van der Waals surface area contributed by atoms with Crippen molar-refractivity contribution >= 4 is 22.6 Å². The molecule has 5 nitrogen and oxygen atoms in total. The van der Waals surface area contributed by atoms with Crippen LogP contribution in [-0.2, 0) is 9.59 Å². The highest BCUT2D eigenvalue weighted by Crippen LogP contribution is 2.27. The Labute approximate surface area is 172 Å². The molecular weight excluding hydrogens is 364 g/mol. The highest BCUT2D eigenvalue weighted by Gasteiger charge is 2.20. The number of nitrogens with one attached hydrogen (secondary N) is 2. The lowest BCUT2D eigenvalue weighted by Crippen LogP contribution is -2.44. The van der Waals surface area contributed by atoms with Crippen LogP contribution in [0.4, 0.5) is 0 Å². The zero-order valence-corrected chi connectivity index (χ0v) is 17.2. The van der Waals surface area contributed by atoms with Gasteiger partial charge in [-0.2, -0.15) is 0 Å². The largest absolute Gasteiger partial charge is 0.497 e. The van der Waals surface area contributed by atoms with Crippen LogP contribution in [0.2, 0.25) is 0 Å². The van der Waals surface area contributed by atoms with Crippen LogP contribution in [0.25, 0.3) is 10.8 Å². The fourth-order valence-corrected chi connectivity index (χ4v) is 3.07. The topological polar surface area (TPSA) is 67.4 Å². The first-order valence-electron chi connectivity index (χ1n) is 10.2. The second-order valence-corrected chi connectivity index (χ2v) is 7.56. The Morgan fingerprint density at radius 1 is 1.17 bits per heavy atom. The summed E-state index contributed by atoms with van der Waals surface area (Å²) in [6.45, 7) is 4.26. The van der Waals surface area contributed by atoms with Crippen LogP contribution in [0.3, 0.4) is 0 Å². The summed E-state index contributed by atoms with van der Waals surface area (Å²) in [7, 11) is 1.65. The van der Waals surface area contributed by atoms with E-state index < -0.39 is 0 Å². The van der Waals surface area contributed by atoms with Gasteiger partial charge < -0.3 is 15.4 Å². The standard InChI is InChI=1S/C24H28N2O3/c1-4-21(15-25-23(27)12-7-17-5-6-17)26-24(28)16(2)18-8-9-20-14-22(29-3)11-10-19(20)13-18/h8-11,13-14,16-17,21H,4-6,15H2,1-3H3,(H,25,27)(H,26,28)/t16-,21+/m0/s1. The van der Waals surface area contributed by atoms with Crippen LogP contribution in [-0.4, -0.2) is 31.5 Å². The molecule has 1 aliphatic carbocycles. The highest BCUT2D eigenvalue weighted by molar-refractivity contribution is 5.93. The molecule has 2 aromatic rings. The summed E-state index contributed by atoms with van der Waals surface area (Å²) in [6.07, 6.45) is 2.91. The number of benzene rings is 2. The van der Waals surface area contributed by atoms with Crippen LogP contribution >= 0.6 is 0 Å². The summed E-state index contributed by atoms with van der Waals surface area (Å²) < 4.78 is 5.26. The first-order chi connectivity index (χ1) is 14.0. The average Bonchev–Trinajstić information content (AvgIpc) is 3.58. The SMILES string of the molecule is CC[C@H](CNC(=O)C#CC1CC1)NC(=O)[C@@H](C)c1ccc2cc(OC)ccc2c1. The minimum absolute atomic E-state index is 0.0528. The zero-order valence-electron chi connectivity index (χ0n) is 17.2. The summed E-state index contributed by atoms with van der Waals surface area (Å²) in [4.78, 5) is 24.5. The molecular formula is C24H28N2O3. The first-order valence-corrected chi connectivity index (χ1v) is 10.2. The average molecular weight is 392 g/mol. The van der Waals surface area contributed by atoms with E-state index in [9.17, 15) is 9.59 Å². The normalized spacial score (nSPS) is 15.0. The van der Waals surface area contributed by atoms with Gasteiger partial charge in [0.05, 0.1) is 13.0 Å². The van der Waals surface area contributed by atoms with Crippen molar-refractivity contribution in [3.05, 3.63) is 42.0 Å². The van der Waals surface area contributed by atoms with E-state index in [0.717, 1.165) is 41.3 Å². The number of hydrogen-bond donors (Lipinski definition) is 2. The predicted octanol–water partition coefficient (Wildman–Crippen LogP) is 3.38. The number of carbonyl (C=O) groups is 2. The van der Waals surface area contributed by atoms with Gasteiger partial charge in [0, 0.05) is 18.5 Å². The Bertz CT molecular complexity index is 953. The molecule has 3 rings (SSSR count). The molecule has 0 radical (unpaired) electrons. The molecule has 0 unspecified atom stereocenters. The van der Waals surface area contributed by atoms with Crippen molar-refractivity contribution in [2.24, 2.45) is 5.92 Å². The van der Waals surface area contributed by atoms with E-state index in [1.165, 1.54) is 0 Å². The summed E-state index contributed by atoms with van der Waals surface area (Å²) in [5.41, 5.74) is 0.953. The predicted molar refractivity (Wildman–Crippen MR) is 115 cm³/mol. The maximum atomic E-state index is 12.7. The van der Waals surface area contributed by atoms with Gasteiger partial charge in [-0.1, -0.05) is 37.1 Å². The number of rotatable bonds is 7. The van der Waals surface area contributed by atoms with Gasteiger partial charge in [0.15, 0.2) is 0 Å². The molecule has 152 valence electrons. The Kier molecular flexibility index (Phi) is 6.77. The van der Waals surface area contributed by atoms with Crippen LogP contribution in [0.5, 0.6) is 5.75 Å². The molecule has 0 saturated heterocycles. The van der Waals surface area contributed by atoms with Crippen LogP contribution in [0.15, 0.2) is 36.4 Å². The van der Waals surface area contributed by atoms with E-state index in [1.807, 2.05) is 50.2 Å². The minimum Gasteiger partial charge on any atom is -0.497 e. The van der Waals surface area contributed by atoms with Gasteiger partial charge in [0.1, 0.15) is 5.75 Å². The van der Waals surface area contributed by atoms with Crippen molar-refractivity contribution in [2.75, 3.05) is 13.7 Å². The summed E-state index contributed by atoms with van der Waals surface area (Å²) in [5.74, 6) is 6.16. The number of amides is 2. The number of fused-ring (bicyclic) bond motifs is 1. The third-order valence-electron chi connectivity index (χ3n) is 5.28. The van der Waals surface area contributed by atoms with Crippen LogP contribution in [0, 0.1) is 17.8 Å². The molecule has 2 aromatic carbocycles. The molecule has 29 heavy (non-hydrogen) atoms. The maximum Gasteiger partial charge on any atom is 0.295 e. The van der Waals surface area contributed by atoms with Gasteiger partial charge >= 0.3 is 0 Å². The van der Waals surface area contributed by atoms with Crippen molar-refractivity contribution in [2.45, 2.75) is 45.1 Å². The molecule has 0 bridgehead atoms. The number of hydrogen-bond acceptors (Lipinski definition) is 3. The van der Waals surface area contributed by atoms with E-state index >= 15 is 0 Å². The monoisotopic (exact) mass is 392 g/mol. The number of carbonyl (C=O) groups excluding carboxylic acids is 2. The van der Waals surface area contributed by atoms with Crippen LogP contribution < -0.4 is 15.4 Å². The Morgan fingerprint density at radius 2 is 1.90 bits per heavy atom. The van der Waals surface area contributed by atoms with Gasteiger partial charge in [0.25, 0.3) is 5.91 Å². The zero-order chi connectivity index (χ0) is 20.8. The molecule has 1 saturated carbocycles. The molecule has 2 atom stereocenters. The van der Waals surface area contributed by atoms with E-state index in [4.69, 9.17) is 4.74 Å². The van der Waals surface area contributed by atoms with E-state index in [-0.39, 0.29) is 23.8 Å². The molecule has 5 heteroatoms. The lowest BCUT2D eigenvalue weighted by Gasteiger charge is -2.20. The minimum atomic E-state index is -0.291. The number of ether oxygens (including phenoxy) is 1. The highest BCUT2D eigenvalue weighted by atomic mass is 16.5. The smallest absolute Gasteiger partial charge is 0.295 e. The van der Waals surface area contributed by atoms with Crippen LogP contribution in [0.1, 0.15) is 44.6 Å². The molecule has 0 heterocycles. The summed E-state index contributed by atoms with van der Waals surface area (Å²) >= 11 is 0. The number of methoxy groups -OCH3 is 1. The van der Waals surface area contributed by atoms with Crippen molar-refractivity contribution in [1.29, 1.82) is 0 Å². The second kappa shape index (κ2) is 9.47. The lowest BCUT2D eigenvalue weighted by atomic mass is 9.96. The van der Waals surface area contributed by atoms with Gasteiger partial charge in [-0.05, 0) is 60.6 Å². The Balaban J connectivity index is 1.58. The third-order valence-corrected chi connectivity index (χ3v) is 5.28. The van der Waals surface area contributed by atoms with Crippen molar-refractivity contribution in [3.8, 4) is 17.6 Å². The molecule has 0 aliphatic heterocycles. The molecule has 1 aliphatic rings. The third kappa shape index (κ3) is 5.74. The molecule has 2 N–H and O–H groups in total. The van der Waals surface area contributed by atoms with E-state index in [0.29, 0.717) is 12.5 Å². The van der Waals surface area contributed by atoms with Crippen molar-refractivity contribution in [1.82, 2.24) is 10.6 Å². The fraction of sp³-hybridized carbons (Fsp3) is 0.417. The summed E-state index contributed by atoms with van der Waals surface area (Å²) in [6, 6.07) is 11.8. The Morgan fingerprint density at radius 3 is 2.59 bits per heavy atom. The van der Waals surface area contributed by atoms with Crippen molar-refractivity contribution in [3.63, 3.8) is 0 Å². The van der Waals surface area contributed by atoms with Gasteiger partial charge in [-0.3, -0.25) is 9.59 Å². The van der Waals surface area contributed by atoms with E-state index in [1.54, 1.807) is 7.11 Å². The molecule has 1 fully saturated rings. The van der Waals surface area contributed by atoms with Gasteiger partial charge in [0.2, 0.25) is 5.91 Å². The molecule has 0 aromatic heterocycles. The summed E-state index contributed by atoms with van der Waals surface area (Å²) in [5, 5.41) is 7.98. The fourth-order valence-electron chi connectivity index (χ4n) is 3.07. The maximum absolute atomic E-state index is 12.7. The quantitative estimate of drug-likeness (QED) is 0.710. The molecule has 2 amide bonds.